The van der Waals surface area contributed by atoms with Crippen molar-refractivity contribution in [3.05, 3.63) is 0 Å². The van der Waals surface area contributed by atoms with Crippen LogP contribution < -0.4 is 0 Å². The van der Waals surface area contributed by atoms with Crippen LogP contribution in [0.25, 0.3) is 0 Å². The Morgan fingerprint density at radius 3 is 2.62 bits per heavy atom. The summed E-state index contributed by atoms with van der Waals surface area (Å²) < 4.78 is 0. The zero-order valence-electron chi connectivity index (χ0n) is 7.27. The van der Waals surface area contributed by atoms with Crippen molar-refractivity contribution in [1.82, 2.24) is 0 Å². The van der Waals surface area contributed by atoms with E-state index in [1.165, 1.54) is 0 Å². The summed E-state index contributed by atoms with van der Waals surface area (Å²) >= 11 is 0. The van der Waals surface area contributed by atoms with Crippen molar-refractivity contribution in [2.75, 3.05) is 0 Å². The molecule has 3 rings (SSSR count). The molecule has 4 unspecified atom stereocenters. The van der Waals surface area contributed by atoms with Crippen molar-refractivity contribution in [3.8, 4) is 0 Å². The van der Waals surface area contributed by atoms with Crippen LogP contribution in [-0.4, -0.2) is 17.4 Å². The quantitative estimate of drug-likeness (QED) is 0.643. The number of carbonyl (C=O) groups is 2. The van der Waals surface area contributed by atoms with Crippen molar-refractivity contribution in [2.45, 2.75) is 19.3 Å². The second kappa shape index (κ2) is 1.97. The van der Waals surface area contributed by atoms with Gasteiger partial charge in [0, 0.05) is 5.92 Å². The van der Waals surface area contributed by atoms with Gasteiger partial charge in [0.2, 0.25) is 0 Å². The summed E-state index contributed by atoms with van der Waals surface area (Å²) in [6.07, 6.45) is 4.12. The van der Waals surface area contributed by atoms with E-state index >= 15 is 0 Å². The molecule has 0 saturated heterocycles. The molecule has 0 aliphatic heterocycles. The molecule has 0 aromatic carbocycles. The van der Waals surface area contributed by atoms with E-state index in [1.54, 1.807) is 0 Å². The molecule has 13 heavy (non-hydrogen) atoms. The highest BCUT2D eigenvalue weighted by Crippen LogP contribution is 2.77. The molecule has 4 atom stereocenters. The smallest absolute Gasteiger partial charge is 0.306 e. The number of aliphatic carboxylic acids is 1. The van der Waals surface area contributed by atoms with Gasteiger partial charge in [0.1, 0.15) is 6.29 Å². The molecule has 3 fully saturated rings. The minimum absolute atomic E-state index is 0.0809. The third-order valence-corrected chi connectivity index (χ3v) is 4.30. The van der Waals surface area contributed by atoms with Crippen LogP contribution in [0.3, 0.4) is 0 Å². The third kappa shape index (κ3) is 0.754. The summed E-state index contributed by atoms with van der Waals surface area (Å²) in [4.78, 5) is 21.6. The Hall–Kier alpha value is -0.860. The largest absolute Gasteiger partial charge is 0.481 e. The van der Waals surface area contributed by atoms with Gasteiger partial charge in [-0.2, -0.15) is 0 Å². The van der Waals surface area contributed by atoms with E-state index in [2.05, 4.69) is 0 Å². The van der Waals surface area contributed by atoms with Gasteiger partial charge in [-0.05, 0) is 36.5 Å². The van der Waals surface area contributed by atoms with Gasteiger partial charge in [0.05, 0.1) is 5.92 Å². The summed E-state index contributed by atoms with van der Waals surface area (Å²) in [5, 5.41) is 8.97. The van der Waals surface area contributed by atoms with Crippen LogP contribution >= 0.6 is 0 Å². The predicted octanol–water partition coefficient (Wildman–Crippen LogP) is 0.932. The van der Waals surface area contributed by atoms with Crippen LogP contribution in [0.4, 0.5) is 0 Å². The maximum absolute atomic E-state index is 10.9. The van der Waals surface area contributed by atoms with Crippen LogP contribution in [0.2, 0.25) is 0 Å². The fourth-order valence-electron chi connectivity index (χ4n) is 3.53. The zero-order chi connectivity index (χ0) is 9.22. The van der Waals surface area contributed by atoms with Gasteiger partial charge in [0.15, 0.2) is 0 Å². The molecule has 3 aliphatic carbocycles. The first kappa shape index (κ1) is 7.54. The maximum atomic E-state index is 10.9. The topological polar surface area (TPSA) is 54.4 Å². The second-order valence-electron chi connectivity index (χ2n) is 4.83. The standard InChI is InChI=1S/C10H12O3/c11-4-6-7-5(9(12)13)3-10(1-2-10)8(6)7/h4-8H,1-3H2,(H,12,13). The van der Waals surface area contributed by atoms with Gasteiger partial charge in [-0.1, -0.05) is 0 Å². The van der Waals surface area contributed by atoms with Crippen molar-refractivity contribution < 1.29 is 14.7 Å². The van der Waals surface area contributed by atoms with E-state index in [4.69, 9.17) is 5.11 Å². The molecule has 0 bridgehead atoms. The Balaban J connectivity index is 1.88. The van der Waals surface area contributed by atoms with E-state index in [0.717, 1.165) is 25.5 Å². The lowest BCUT2D eigenvalue weighted by Gasteiger charge is -2.12. The Bertz CT molecular complexity index is 293. The highest BCUT2D eigenvalue weighted by molar-refractivity contribution is 5.75. The number of carboxylic acids is 1. The summed E-state index contributed by atoms with van der Waals surface area (Å²) in [6, 6.07) is 0. The number of carbonyl (C=O) groups excluding carboxylic acids is 1. The van der Waals surface area contributed by atoms with E-state index in [0.29, 0.717) is 11.3 Å². The number of carboxylic acid groups (broad SMARTS) is 1. The molecule has 0 aromatic rings. The summed E-state index contributed by atoms with van der Waals surface area (Å²) in [5.41, 5.74) is 0.291. The SMILES string of the molecule is O=CC1C2C(C(=O)O)CC3(CC3)C12. The summed E-state index contributed by atoms with van der Waals surface area (Å²) in [7, 11) is 0. The molecule has 3 nitrogen and oxygen atoms in total. The van der Waals surface area contributed by atoms with Gasteiger partial charge in [0.25, 0.3) is 0 Å². The monoisotopic (exact) mass is 180 g/mol. The van der Waals surface area contributed by atoms with Gasteiger partial charge in [-0.15, -0.1) is 0 Å². The number of rotatable bonds is 2. The average Bonchev–Trinajstić information content (AvgIpc) is 2.89. The number of fused-ring (bicyclic) bond motifs is 2. The molecule has 0 heterocycles. The molecule has 3 heteroatoms. The Morgan fingerprint density at radius 1 is 1.46 bits per heavy atom. The Morgan fingerprint density at radius 2 is 2.15 bits per heavy atom. The molecule has 3 saturated carbocycles. The minimum Gasteiger partial charge on any atom is -0.481 e. The predicted molar refractivity (Wildman–Crippen MR) is 43.9 cm³/mol. The fourth-order valence-corrected chi connectivity index (χ4v) is 3.53. The molecule has 70 valence electrons. The molecular formula is C10H12O3. The molecular weight excluding hydrogens is 168 g/mol. The Labute approximate surface area is 76.1 Å². The van der Waals surface area contributed by atoms with Crippen LogP contribution in [0.1, 0.15) is 19.3 Å². The lowest BCUT2D eigenvalue weighted by atomic mass is 9.92. The summed E-state index contributed by atoms with van der Waals surface area (Å²) in [6.45, 7) is 0. The van der Waals surface area contributed by atoms with Gasteiger partial charge >= 0.3 is 5.97 Å². The van der Waals surface area contributed by atoms with Crippen LogP contribution in [-0.2, 0) is 9.59 Å². The van der Waals surface area contributed by atoms with Crippen molar-refractivity contribution in [3.63, 3.8) is 0 Å². The van der Waals surface area contributed by atoms with E-state index in [9.17, 15) is 9.59 Å². The van der Waals surface area contributed by atoms with Crippen LogP contribution in [0, 0.1) is 29.1 Å². The van der Waals surface area contributed by atoms with Crippen LogP contribution in [0.15, 0.2) is 0 Å². The first-order chi connectivity index (χ1) is 6.19. The molecule has 1 N–H and O–H groups in total. The van der Waals surface area contributed by atoms with Crippen molar-refractivity contribution in [1.29, 1.82) is 0 Å². The van der Waals surface area contributed by atoms with E-state index in [1.807, 2.05) is 0 Å². The Kier molecular flexibility index (Phi) is 1.14. The first-order valence-corrected chi connectivity index (χ1v) is 4.88. The minimum atomic E-state index is -0.692. The number of hydrogen-bond donors (Lipinski definition) is 1. The zero-order valence-corrected chi connectivity index (χ0v) is 7.27. The molecule has 0 amide bonds. The normalized spacial score (nSPS) is 48.6. The summed E-state index contributed by atoms with van der Waals surface area (Å²) in [5.74, 6) is -0.202. The molecule has 0 radical (unpaired) electrons. The van der Waals surface area contributed by atoms with Crippen molar-refractivity contribution in [2.24, 2.45) is 29.1 Å². The number of hydrogen-bond acceptors (Lipinski definition) is 2. The molecule has 0 aromatic heterocycles. The average molecular weight is 180 g/mol. The molecule has 1 spiro atoms. The molecule has 3 aliphatic rings. The third-order valence-electron chi connectivity index (χ3n) is 4.30. The lowest BCUT2D eigenvalue weighted by molar-refractivity contribution is -0.142. The van der Waals surface area contributed by atoms with Crippen LogP contribution in [0.5, 0.6) is 0 Å². The first-order valence-electron chi connectivity index (χ1n) is 4.88. The van der Waals surface area contributed by atoms with Crippen molar-refractivity contribution >= 4 is 12.3 Å². The highest BCUT2D eigenvalue weighted by Gasteiger charge is 2.74. The maximum Gasteiger partial charge on any atom is 0.306 e. The second-order valence-corrected chi connectivity index (χ2v) is 4.83. The number of aldehydes is 1. The van der Waals surface area contributed by atoms with Gasteiger partial charge in [-0.3, -0.25) is 4.79 Å². The van der Waals surface area contributed by atoms with E-state index < -0.39 is 5.97 Å². The lowest BCUT2D eigenvalue weighted by Crippen LogP contribution is -2.17. The van der Waals surface area contributed by atoms with E-state index in [-0.39, 0.29) is 17.8 Å². The highest BCUT2D eigenvalue weighted by atomic mass is 16.4. The fraction of sp³-hybridized carbons (Fsp3) is 0.800. The van der Waals surface area contributed by atoms with Gasteiger partial charge in [-0.25, -0.2) is 0 Å². The van der Waals surface area contributed by atoms with Gasteiger partial charge < -0.3 is 9.90 Å².